The molecule has 1 aromatic carbocycles. The number of unbranched alkanes of at least 4 members (excludes halogenated alkanes) is 1. The summed E-state index contributed by atoms with van der Waals surface area (Å²) < 4.78 is 0. The van der Waals surface area contributed by atoms with Crippen molar-refractivity contribution < 1.29 is 38.8 Å². The first-order valence-corrected chi connectivity index (χ1v) is 15.4. The molecule has 1 rings (SSSR count). The van der Waals surface area contributed by atoms with Crippen LogP contribution in [-0.2, 0) is 40.0 Å². The first kappa shape index (κ1) is 39.5. The van der Waals surface area contributed by atoms with Gasteiger partial charge in [-0.2, -0.15) is 0 Å². The third-order valence-corrected chi connectivity index (χ3v) is 6.93. The van der Waals surface area contributed by atoms with E-state index in [-0.39, 0.29) is 37.5 Å². The second kappa shape index (κ2) is 20.5. The zero-order valence-corrected chi connectivity index (χ0v) is 27.2. The SMILES string of the molecule is CC(C)C[C@H](NC(=O)[C@@H](NC(=O)CCCCC(=O)NO)C(C)C)C(=O)NCC(=O)N[C@@H](Cc1ccccc1)C(=O)N[C@@H](C)C(N)=O. The molecule has 0 aliphatic carbocycles. The van der Waals surface area contributed by atoms with Gasteiger partial charge in [0.25, 0.3) is 0 Å². The molecule has 0 radical (unpaired) electrons. The quantitative estimate of drug-likeness (QED) is 0.0523. The monoisotopic (exact) mass is 647 g/mol. The van der Waals surface area contributed by atoms with Crippen LogP contribution < -0.4 is 37.8 Å². The number of rotatable bonds is 20. The lowest BCUT2D eigenvalue weighted by atomic mass is 9.99. The van der Waals surface area contributed by atoms with Crippen molar-refractivity contribution in [2.45, 2.75) is 97.3 Å². The van der Waals surface area contributed by atoms with Gasteiger partial charge in [-0.05, 0) is 43.6 Å². The lowest BCUT2D eigenvalue weighted by molar-refractivity contribution is -0.134. The van der Waals surface area contributed by atoms with Crippen LogP contribution in [0.5, 0.6) is 0 Å². The Hall–Kier alpha value is -4.53. The number of hydrogen-bond acceptors (Lipinski definition) is 8. The smallest absolute Gasteiger partial charge is 0.243 e. The molecule has 0 aromatic heterocycles. The molecule has 0 saturated heterocycles. The van der Waals surface area contributed by atoms with Gasteiger partial charge < -0.3 is 32.3 Å². The molecule has 9 N–H and O–H groups in total. The Kier molecular flexibility index (Phi) is 17.6. The zero-order chi connectivity index (χ0) is 34.8. The molecule has 0 bridgehead atoms. The molecule has 4 atom stereocenters. The molecule has 0 unspecified atom stereocenters. The van der Waals surface area contributed by atoms with Gasteiger partial charge in [-0.15, -0.1) is 0 Å². The Morgan fingerprint density at radius 3 is 1.87 bits per heavy atom. The third kappa shape index (κ3) is 15.5. The van der Waals surface area contributed by atoms with Crippen LogP contribution in [0.15, 0.2) is 30.3 Å². The summed E-state index contributed by atoms with van der Waals surface area (Å²) in [5.74, 6) is -4.53. The Bertz CT molecular complexity index is 1190. The fourth-order valence-corrected chi connectivity index (χ4v) is 4.35. The summed E-state index contributed by atoms with van der Waals surface area (Å²) in [6.07, 6.45) is 1.21. The summed E-state index contributed by atoms with van der Waals surface area (Å²) in [6, 6.07) is 4.90. The highest BCUT2D eigenvalue weighted by Crippen LogP contribution is 2.09. The van der Waals surface area contributed by atoms with Gasteiger partial charge in [-0.3, -0.25) is 38.8 Å². The van der Waals surface area contributed by atoms with Crippen molar-refractivity contribution in [3.63, 3.8) is 0 Å². The maximum absolute atomic E-state index is 13.2. The van der Waals surface area contributed by atoms with E-state index in [2.05, 4.69) is 26.6 Å². The number of hydroxylamine groups is 1. The molecule has 15 heteroatoms. The summed E-state index contributed by atoms with van der Waals surface area (Å²) in [7, 11) is 0. The number of benzene rings is 1. The minimum atomic E-state index is -1.07. The van der Waals surface area contributed by atoms with Gasteiger partial charge in [0, 0.05) is 19.3 Å². The predicted molar refractivity (Wildman–Crippen MR) is 168 cm³/mol. The van der Waals surface area contributed by atoms with Gasteiger partial charge in [0.05, 0.1) is 6.54 Å². The van der Waals surface area contributed by atoms with Crippen molar-refractivity contribution in [2.24, 2.45) is 17.6 Å². The van der Waals surface area contributed by atoms with Gasteiger partial charge in [0.2, 0.25) is 41.4 Å². The summed E-state index contributed by atoms with van der Waals surface area (Å²) in [4.78, 5) is 87.1. The average molecular weight is 648 g/mol. The Balaban J connectivity index is 2.86. The van der Waals surface area contributed by atoms with Crippen molar-refractivity contribution in [2.75, 3.05) is 6.54 Å². The van der Waals surface area contributed by atoms with Crippen molar-refractivity contribution in [3.05, 3.63) is 35.9 Å². The van der Waals surface area contributed by atoms with E-state index in [0.717, 1.165) is 5.56 Å². The van der Waals surface area contributed by atoms with Crippen LogP contribution in [0.25, 0.3) is 0 Å². The molecular weight excluding hydrogens is 598 g/mol. The molecule has 1 aromatic rings. The highest BCUT2D eigenvalue weighted by atomic mass is 16.5. The Morgan fingerprint density at radius 2 is 1.33 bits per heavy atom. The fraction of sp³-hybridized carbons (Fsp3) is 0.581. The van der Waals surface area contributed by atoms with E-state index in [0.29, 0.717) is 12.8 Å². The number of carbonyl (C=O) groups excluding carboxylic acids is 7. The topological polar surface area (TPSA) is 238 Å². The molecule has 0 aliphatic heterocycles. The average Bonchev–Trinajstić information content (AvgIpc) is 2.99. The van der Waals surface area contributed by atoms with Crippen LogP contribution in [0.2, 0.25) is 0 Å². The molecule has 15 nitrogen and oxygen atoms in total. The molecule has 46 heavy (non-hydrogen) atoms. The molecule has 0 heterocycles. The number of nitrogens with two attached hydrogens (primary N) is 1. The van der Waals surface area contributed by atoms with Gasteiger partial charge in [0.1, 0.15) is 24.2 Å². The molecular formula is C31H49N7O8. The highest BCUT2D eigenvalue weighted by molar-refractivity contribution is 5.95. The summed E-state index contributed by atoms with van der Waals surface area (Å²) in [5, 5.41) is 21.5. The van der Waals surface area contributed by atoms with Crippen LogP contribution in [0, 0.1) is 11.8 Å². The summed E-state index contributed by atoms with van der Waals surface area (Å²) in [5.41, 5.74) is 7.53. The van der Waals surface area contributed by atoms with Crippen molar-refractivity contribution >= 4 is 41.4 Å². The molecule has 7 amide bonds. The van der Waals surface area contributed by atoms with Crippen molar-refractivity contribution in [3.8, 4) is 0 Å². The molecule has 0 fully saturated rings. The van der Waals surface area contributed by atoms with Crippen molar-refractivity contribution in [1.82, 2.24) is 32.1 Å². The standard InChI is InChI=1S/C31H49N7O8/c1-18(2)15-22(36-31(45)27(19(3)4)37-24(39)13-9-10-14-25(40)38-46)29(43)33-17-26(41)35-23(16-21-11-7-6-8-12-21)30(44)34-20(5)28(32)42/h6-8,11-12,18-20,22-23,27,46H,9-10,13-17H2,1-5H3,(H2,32,42)(H,33,43)(H,34,44)(H,35,41)(H,36,45)(H,37,39)(H,38,40)/t20-,22-,23-,27-/m0/s1. The third-order valence-electron chi connectivity index (χ3n) is 6.93. The van der Waals surface area contributed by atoms with Crippen LogP contribution in [0.1, 0.15) is 72.3 Å². The van der Waals surface area contributed by atoms with E-state index >= 15 is 0 Å². The summed E-state index contributed by atoms with van der Waals surface area (Å²) >= 11 is 0. The highest BCUT2D eigenvalue weighted by Gasteiger charge is 2.30. The minimum Gasteiger partial charge on any atom is -0.368 e. The normalized spacial score (nSPS) is 13.5. The van der Waals surface area contributed by atoms with E-state index in [1.165, 1.54) is 12.4 Å². The van der Waals surface area contributed by atoms with Gasteiger partial charge in [-0.1, -0.05) is 58.0 Å². The van der Waals surface area contributed by atoms with E-state index in [1.54, 1.807) is 44.2 Å². The number of hydrogen-bond donors (Lipinski definition) is 8. The zero-order valence-electron chi connectivity index (χ0n) is 27.2. The molecule has 0 spiro atoms. The number of primary amides is 1. The van der Waals surface area contributed by atoms with E-state index in [1.807, 2.05) is 13.8 Å². The molecule has 0 aliphatic rings. The number of nitrogens with one attached hydrogen (secondary N) is 6. The first-order chi connectivity index (χ1) is 21.6. The van der Waals surface area contributed by atoms with Gasteiger partial charge in [0.15, 0.2) is 0 Å². The van der Waals surface area contributed by atoms with E-state index in [9.17, 15) is 33.6 Å². The number of carbonyl (C=O) groups is 7. The number of amides is 7. The lowest BCUT2D eigenvalue weighted by Crippen LogP contribution is -2.57. The largest absolute Gasteiger partial charge is 0.368 e. The maximum atomic E-state index is 13.2. The van der Waals surface area contributed by atoms with Gasteiger partial charge >= 0.3 is 0 Å². The fourth-order valence-electron chi connectivity index (χ4n) is 4.35. The Labute approximate surface area is 269 Å². The molecule has 0 saturated carbocycles. The Morgan fingerprint density at radius 1 is 0.717 bits per heavy atom. The first-order valence-electron chi connectivity index (χ1n) is 15.4. The minimum absolute atomic E-state index is 0.0146. The second-order valence-corrected chi connectivity index (χ2v) is 11.9. The predicted octanol–water partition coefficient (Wildman–Crippen LogP) is -0.442. The summed E-state index contributed by atoms with van der Waals surface area (Å²) in [6.45, 7) is 8.12. The van der Waals surface area contributed by atoms with Crippen molar-refractivity contribution in [1.29, 1.82) is 0 Å². The maximum Gasteiger partial charge on any atom is 0.243 e. The van der Waals surface area contributed by atoms with E-state index < -0.39 is 72.1 Å². The van der Waals surface area contributed by atoms with Crippen LogP contribution in [0.4, 0.5) is 0 Å². The van der Waals surface area contributed by atoms with Crippen LogP contribution in [0.3, 0.4) is 0 Å². The van der Waals surface area contributed by atoms with Crippen LogP contribution >= 0.6 is 0 Å². The van der Waals surface area contributed by atoms with E-state index in [4.69, 9.17) is 10.9 Å². The van der Waals surface area contributed by atoms with Gasteiger partial charge in [-0.25, -0.2) is 5.48 Å². The lowest BCUT2D eigenvalue weighted by Gasteiger charge is -2.26. The molecule has 256 valence electrons. The van der Waals surface area contributed by atoms with Crippen LogP contribution in [-0.4, -0.2) is 77.3 Å². The second-order valence-electron chi connectivity index (χ2n) is 11.9.